The minimum absolute atomic E-state index is 0.0410. The van der Waals surface area contributed by atoms with Crippen molar-refractivity contribution in [3.8, 4) is 0 Å². The third-order valence-corrected chi connectivity index (χ3v) is 4.14. The van der Waals surface area contributed by atoms with Crippen molar-refractivity contribution in [2.75, 3.05) is 13.2 Å². The molecule has 0 saturated carbocycles. The van der Waals surface area contributed by atoms with E-state index < -0.39 is 11.5 Å². The van der Waals surface area contributed by atoms with Gasteiger partial charge in [0.05, 0.1) is 17.3 Å². The minimum atomic E-state index is -1.24. The number of carboxylic acid groups (broad SMARTS) is 1. The molecule has 1 fully saturated rings. The number of nitrogens with one attached hydrogen (secondary N) is 1. The Kier molecular flexibility index (Phi) is 4.72. The van der Waals surface area contributed by atoms with Gasteiger partial charge in [0.2, 0.25) is 5.91 Å². The van der Waals surface area contributed by atoms with Crippen molar-refractivity contribution >= 4 is 23.2 Å². The first-order valence-electron chi connectivity index (χ1n) is 6.55. The van der Waals surface area contributed by atoms with Gasteiger partial charge in [-0.15, -0.1) is 11.3 Å². The van der Waals surface area contributed by atoms with E-state index in [2.05, 4.69) is 10.3 Å². The van der Waals surface area contributed by atoms with Gasteiger partial charge in [0, 0.05) is 24.8 Å². The van der Waals surface area contributed by atoms with Crippen molar-refractivity contribution in [1.82, 2.24) is 10.3 Å². The van der Waals surface area contributed by atoms with Crippen molar-refractivity contribution < 1.29 is 19.4 Å². The predicted molar refractivity (Wildman–Crippen MR) is 73.7 cm³/mol. The smallest absolute Gasteiger partial charge is 0.331 e. The summed E-state index contributed by atoms with van der Waals surface area (Å²) in [6, 6.07) is 0. The number of amides is 1. The Morgan fingerprint density at radius 2 is 2.40 bits per heavy atom. The maximum absolute atomic E-state index is 11.9. The molecule has 1 aliphatic heterocycles. The Bertz CT molecular complexity index is 494. The largest absolute Gasteiger partial charge is 0.479 e. The molecule has 6 nitrogen and oxygen atoms in total. The second-order valence-electron chi connectivity index (χ2n) is 4.95. The van der Waals surface area contributed by atoms with Crippen molar-refractivity contribution in [1.29, 1.82) is 0 Å². The highest BCUT2D eigenvalue weighted by Gasteiger charge is 2.43. The van der Waals surface area contributed by atoms with Crippen LogP contribution in [-0.4, -0.2) is 40.7 Å². The van der Waals surface area contributed by atoms with E-state index in [0.717, 1.165) is 17.1 Å². The lowest BCUT2D eigenvalue weighted by Crippen LogP contribution is -2.55. The third-order valence-electron chi connectivity index (χ3n) is 3.31. The molecule has 1 atom stereocenters. The van der Waals surface area contributed by atoms with E-state index in [1.165, 1.54) is 0 Å². The summed E-state index contributed by atoms with van der Waals surface area (Å²) in [7, 11) is 0. The van der Waals surface area contributed by atoms with Gasteiger partial charge in [-0.1, -0.05) is 0 Å². The molecule has 0 spiro atoms. The molecule has 1 aromatic rings. The number of hydrogen-bond donors (Lipinski definition) is 2. The maximum Gasteiger partial charge on any atom is 0.331 e. The van der Waals surface area contributed by atoms with Crippen LogP contribution < -0.4 is 5.32 Å². The van der Waals surface area contributed by atoms with Crippen LogP contribution in [0.15, 0.2) is 5.38 Å². The summed E-state index contributed by atoms with van der Waals surface area (Å²) in [5.74, 6) is -1.27. The number of carbonyl (C=O) groups is 2. The number of aryl methyl sites for hydroxylation is 2. The Morgan fingerprint density at radius 1 is 1.60 bits per heavy atom. The van der Waals surface area contributed by atoms with Crippen molar-refractivity contribution in [3.05, 3.63) is 16.1 Å². The van der Waals surface area contributed by atoms with E-state index in [-0.39, 0.29) is 12.5 Å². The quantitative estimate of drug-likeness (QED) is 0.822. The van der Waals surface area contributed by atoms with E-state index in [4.69, 9.17) is 4.74 Å². The van der Waals surface area contributed by atoms with Gasteiger partial charge in [0.25, 0.3) is 0 Å². The molecule has 7 heteroatoms. The van der Waals surface area contributed by atoms with Gasteiger partial charge in [-0.25, -0.2) is 9.78 Å². The van der Waals surface area contributed by atoms with Gasteiger partial charge in [-0.3, -0.25) is 4.79 Å². The minimum Gasteiger partial charge on any atom is -0.479 e. The van der Waals surface area contributed by atoms with Gasteiger partial charge >= 0.3 is 5.97 Å². The topological polar surface area (TPSA) is 88.5 Å². The molecular formula is C13H18N2O4S. The summed E-state index contributed by atoms with van der Waals surface area (Å²) in [6.07, 6.45) is 2.00. The van der Waals surface area contributed by atoms with E-state index >= 15 is 0 Å². The lowest BCUT2D eigenvalue weighted by atomic mass is 9.98. The van der Waals surface area contributed by atoms with Gasteiger partial charge in [0.15, 0.2) is 5.54 Å². The van der Waals surface area contributed by atoms with Crippen LogP contribution in [0.2, 0.25) is 0 Å². The summed E-state index contributed by atoms with van der Waals surface area (Å²) in [5, 5.41) is 14.8. The van der Waals surface area contributed by atoms with Crippen molar-refractivity contribution in [3.63, 3.8) is 0 Å². The number of carbonyl (C=O) groups excluding carboxylic acids is 1. The first-order valence-corrected chi connectivity index (χ1v) is 7.43. The first kappa shape index (κ1) is 14.9. The van der Waals surface area contributed by atoms with Crippen LogP contribution in [-0.2, 0) is 20.7 Å². The first-order chi connectivity index (χ1) is 9.52. The number of hydrogen-bond acceptors (Lipinski definition) is 5. The van der Waals surface area contributed by atoms with E-state index in [9.17, 15) is 14.7 Å². The van der Waals surface area contributed by atoms with Crippen LogP contribution in [0, 0.1) is 6.92 Å². The second-order valence-corrected chi connectivity index (χ2v) is 6.01. The fourth-order valence-electron chi connectivity index (χ4n) is 2.17. The molecule has 1 saturated heterocycles. The second kappa shape index (κ2) is 6.32. The van der Waals surface area contributed by atoms with Crippen molar-refractivity contribution in [2.24, 2.45) is 0 Å². The molecule has 0 aliphatic carbocycles. The lowest BCUT2D eigenvalue weighted by Gasteiger charge is -2.23. The average Bonchev–Trinajstić information content (AvgIpc) is 2.99. The summed E-state index contributed by atoms with van der Waals surface area (Å²) in [4.78, 5) is 27.4. The molecular weight excluding hydrogens is 280 g/mol. The molecule has 2 rings (SSSR count). The summed E-state index contributed by atoms with van der Waals surface area (Å²) >= 11 is 1.59. The summed E-state index contributed by atoms with van der Waals surface area (Å²) < 4.78 is 5.10. The highest BCUT2D eigenvalue weighted by molar-refractivity contribution is 7.09. The molecule has 1 aliphatic rings. The van der Waals surface area contributed by atoms with Gasteiger partial charge < -0.3 is 15.2 Å². The van der Waals surface area contributed by atoms with Gasteiger partial charge in [-0.05, 0) is 19.8 Å². The summed E-state index contributed by atoms with van der Waals surface area (Å²) in [5.41, 5.74) is -0.258. The SMILES string of the molecule is Cc1nc(CCCC(=O)NC2(C(=O)O)CCOC2)cs1. The number of carboxylic acids is 1. The van der Waals surface area contributed by atoms with Gasteiger partial charge in [-0.2, -0.15) is 0 Å². The number of nitrogens with zero attached hydrogens (tertiary/aromatic N) is 1. The lowest BCUT2D eigenvalue weighted by molar-refractivity contribution is -0.147. The highest BCUT2D eigenvalue weighted by Crippen LogP contribution is 2.19. The Labute approximate surface area is 121 Å². The standard InChI is InChI=1S/C13H18N2O4S/c1-9-14-10(7-20-9)3-2-4-11(16)15-13(12(17)18)5-6-19-8-13/h7H,2-6,8H2,1H3,(H,15,16)(H,17,18). The highest BCUT2D eigenvalue weighted by atomic mass is 32.1. The fraction of sp³-hybridized carbons (Fsp3) is 0.615. The number of rotatable bonds is 6. The number of aromatic nitrogens is 1. The molecule has 2 N–H and O–H groups in total. The zero-order valence-electron chi connectivity index (χ0n) is 11.3. The zero-order chi connectivity index (χ0) is 14.6. The van der Waals surface area contributed by atoms with Crippen molar-refractivity contribution in [2.45, 2.75) is 38.1 Å². The van der Waals surface area contributed by atoms with Crippen LogP contribution in [0.5, 0.6) is 0 Å². The van der Waals surface area contributed by atoms with Crippen LogP contribution in [0.3, 0.4) is 0 Å². The molecule has 0 aromatic carbocycles. The molecule has 0 bridgehead atoms. The van der Waals surface area contributed by atoms with Crippen LogP contribution in [0.4, 0.5) is 0 Å². The molecule has 2 heterocycles. The number of aliphatic carboxylic acids is 1. The molecule has 1 unspecified atom stereocenters. The maximum atomic E-state index is 11.9. The Hall–Kier alpha value is -1.47. The normalized spacial score (nSPS) is 21.9. The fourth-order valence-corrected chi connectivity index (χ4v) is 2.82. The average molecular weight is 298 g/mol. The summed E-state index contributed by atoms with van der Waals surface area (Å²) in [6.45, 7) is 2.35. The Morgan fingerprint density at radius 3 is 2.95 bits per heavy atom. The van der Waals surface area contributed by atoms with E-state index in [1.54, 1.807) is 11.3 Å². The van der Waals surface area contributed by atoms with E-state index in [0.29, 0.717) is 25.9 Å². The molecule has 1 aromatic heterocycles. The molecule has 0 radical (unpaired) electrons. The monoisotopic (exact) mass is 298 g/mol. The molecule has 1 amide bonds. The number of thiazole rings is 1. The zero-order valence-corrected chi connectivity index (χ0v) is 12.2. The van der Waals surface area contributed by atoms with E-state index in [1.807, 2.05) is 12.3 Å². The van der Waals surface area contributed by atoms with Crippen LogP contribution in [0.1, 0.15) is 30.0 Å². The van der Waals surface area contributed by atoms with Crippen LogP contribution in [0.25, 0.3) is 0 Å². The third kappa shape index (κ3) is 3.55. The van der Waals surface area contributed by atoms with Crippen LogP contribution >= 0.6 is 11.3 Å². The number of ether oxygens (including phenoxy) is 1. The predicted octanol–water partition coefficient (Wildman–Crippen LogP) is 1.13. The molecule has 20 heavy (non-hydrogen) atoms. The van der Waals surface area contributed by atoms with Gasteiger partial charge in [0.1, 0.15) is 0 Å². The molecule has 110 valence electrons. The Balaban J connectivity index is 1.78.